The Hall–Kier alpha value is -0.930. The fourth-order valence-electron chi connectivity index (χ4n) is 1.34. The van der Waals surface area contributed by atoms with Gasteiger partial charge in [0.05, 0.1) is 0 Å². The minimum absolute atomic E-state index is 0.235. The van der Waals surface area contributed by atoms with E-state index in [1.807, 2.05) is 12.4 Å². The van der Waals surface area contributed by atoms with Crippen LogP contribution in [0.3, 0.4) is 0 Å². The molecule has 0 fully saturated rings. The van der Waals surface area contributed by atoms with E-state index in [-0.39, 0.29) is 13.2 Å². The zero-order chi connectivity index (χ0) is 10.2. The molecule has 0 atom stereocenters. The first-order valence-electron chi connectivity index (χ1n) is 5.06. The fraction of sp³-hybridized carbons (Fsp3) is 0.545. The molecule has 0 saturated carbocycles. The van der Waals surface area contributed by atoms with E-state index in [0.29, 0.717) is 0 Å². The van der Waals surface area contributed by atoms with E-state index >= 15 is 0 Å². The Labute approximate surface area is 84.6 Å². The smallest absolute Gasteiger partial charge is 0.169 e. The van der Waals surface area contributed by atoms with Crippen LogP contribution in [0.5, 0.6) is 0 Å². The highest BCUT2D eigenvalue weighted by Crippen LogP contribution is 1.99. The maximum atomic E-state index is 8.67. The van der Waals surface area contributed by atoms with E-state index in [4.69, 9.17) is 10.2 Å². The Morgan fingerprint density at radius 1 is 1.00 bits per heavy atom. The standard InChI is InChI=1S/C11H18NO2/c13-9-1-3-11-4-7-12(8-5-11)6-2-10-14/h4-5,7-8,13-14H,1-3,6,9-10H2/q+1. The van der Waals surface area contributed by atoms with Gasteiger partial charge in [0.15, 0.2) is 18.9 Å². The van der Waals surface area contributed by atoms with Crippen molar-refractivity contribution in [1.82, 2.24) is 0 Å². The molecule has 0 aromatic carbocycles. The van der Waals surface area contributed by atoms with Crippen molar-refractivity contribution in [2.24, 2.45) is 0 Å². The summed E-state index contributed by atoms with van der Waals surface area (Å²) < 4.78 is 2.05. The van der Waals surface area contributed by atoms with Crippen LogP contribution in [0.4, 0.5) is 0 Å². The van der Waals surface area contributed by atoms with E-state index in [0.717, 1.165) is 25.8 Å². The number of hydrogen-bond acceptors (Lipinski definition) is 2. The number of hydrogen-bond donors (Lipinski definition) is 2. The first-order valence-corrected chi connectivity index (χ1v) is 5.06. The zero-order valence-electron chi connectivity index (χ0n) is 8.39. The van der Waals surface area contributed by atoms with Gasteiger partial charge in [0.1, 0.15) is 0 Å². The van der Waals surface area contributed by atoms with Crippen molar-refractivity contribution < 1.29 is 14.8 Å². The van der Waals surface area contributed by atoms with Gasteiger partial charge >= 0.3 is 0 Å². The SMILES string of the molecule is OCCCc1cc[n+](CCCO)cc1. The van der Waals surface area contributed by atoms with Gasteiger partial charge in [0.2, 0.25) is 0 Å². The van der Waals surface area contributed by atoms with Crippen LogP contribution in [0, 0.1) is 0 Å². The van der Waals surface area contributed by atoms with Gasteiger partial charge in [-0.3, -0.25) is 0 Å². The Kier molecular flexibility index (Phi) is 5.19. The van der Waals surface area contributed by atoms with Crippen molar-refractivity contribution in [3.05, 3.63) is 30.1 Å². The minimum atomic E-state index is 0.235. The molecule has 14 heavy (non-hydrogen) atoms. The highest BCUT2D eigenvalue weighted by atomic mass is 16.3. The molecule has 0 spiro atoms. The van der Waals surface area contributed by atoms with E-state index in [1.165, 1.54) is 5.56 Å². The Balaban J connectivity index is 2.42. The normalized spacial score (nSPS) is 10.4. The summed E-state index contributed by atoms with van der Waals surface area (Å²) in [5.41, 5.74) is 1.25. The molecule has 2 N–H and O–H groups in total. The second-order valence-corrected chi connectivity index (χ2v) is 3.35. The molecule has 0 radical (unpaired) electrons. The maximum absolute atomic E-state index is 8.67. The lowest BCUT2D eigenvalue weighted by molar-refractivity contribution is -0.697. The lowest BCUT2D eigenvalue weighted by Crippen LogP contribution is -2.33. The summed E-state index contributed by atoms with van der Waals surface area (Å²) in [5.74, 6) is 0. The van der Waals surface area contributed by atoms with E-state index < -0.39 is 0 Å². The molecule has 0 bridgehead atoms. The summed E-state index contributed by atoms with van der Waals surface area (Å²) in [6, 6.07) is 4.13. The van der Waals surface area contributed by atoms with Crippen molar-refractivity contribution in [2.45, 2.75) is 25.8 Å². The second-order valence-electron chi connectivity index (χ2n) is 3.35. The number of nitrogens with zero attached hydrogens (tertiary/aromatic N) is 1. The summed E-state index contributed by atoms with van der Waals surface area (Å²) in [5, 5.41) is 17.3. The highest BCUT2D eigenvalue weighted by Gasteiger charge is 1.99. The fourth-order valence-corrected chi connectivity index (χ4v) is 1.34. The molecule has 0 aliphatic carbocycles. The van der Waals surface area contributed by atoms with Gasteiger partial charge in [-0.25, -0.2) is 4.57 Å². The number of rotatable bonds is 6. The maximum Gasteiger partial charge on any atom is 0.169 e. The van der Waals surface area contributed by atoms with Crippen LogP contribution in [-0.4, -0.2) is 23.4 Å². The number of aliphatic hydroxyl groups excluding tert-OH is 2. The van der Waals surface area contributed by atoms with Crippen molar-refractivity contribution in [1.29, 1.82) is 0 Å². The third-order valence-corrected chi connectivity index (χ3v) is 2.16. The van der Waals surface area contributed by atoms with Crippen molar-refractivity contribution in [3.8, 4) is 0 Å². The molecule has 3 heteroatoms. The molecule has 1 aromatic heterocycles. The van der Waals surface area contributed by atoms with Crippen LogP contribution in [0.15, 0.2) is 24.5 Å². The van der Waals surface area contributed by atoms with Crippen molar-refractivity contribution in [3.63, 3.8) is 0 Å². The quantitative estimate of drug-likeness (QED) is 0.642. The van der Waals surface area contributed by atoms with E-state index in [2.05, 4.69) is 16.7 Å². The second kappa shape index (κ2) is 6.51. The molecule has 0 saturated heterocycles. The first kappa shape index (κ1) is 11.1. The summed E-state index contributed by atoms with van der Waals surface area (Å²) in [4.78, 5) is 0. The topological polar surface area (TPSA) is 44.3 Å². The van der Waals surface area contributed by atoms with Crippen LogP contribution in [0.1, 0.15) is 18.4 Å². The van der Waals surface area contributed by atoms with E-state index in [1.54, 1.807) is 0 Å². The van der Waals surface area contributed by atoms with Gasteiger partial charge in [0.25, 0.3) is 0 Å². The minimum Gasteiger partial charge on any atom is -0.396 e. The molecule has 1 rings (SSSR count). The Morgan fingerprint density at radius 2 is 1.64 bits per heavy atom. The molecule has 1 heterocycles. The van der Waals surface area contributed by atoms with Gasteiger partial charge < -0.3 is 10.2 Å². The Bertz CT molecular complexity index is 219. The van der Waals surface area contributed by atoms with Crippen LogP contribution >= 0.6 is 0 Å². The summed E-state index contributed by atoms with van der Waals surface area (Å²) >= 11 is 0. The average molecular weight is 196 g/mol. The number of pyridine rings is 1. The largest absolute Gasteiger partial charge is 0.396 e. The molecular weight excluding hydrogens is 178 g/mol. The first-order chi connectivity index (χ1) is 6.86. The number of aliphatic hydroxyl groups is 2. The molecule has 3 nitrogen and oxygen atoms in total. The van der Waals surface area contributed by atoms with Crippen molar-refractivity contribution in [2.75, 3.05) is 13.2 Å². The summed E-state index contributed by atoms with van der Waals surface area (Å²) in [6.07, 6.45) is 6.57. The summed E-state index contributed by atoms with van der Waals surface area (Å²) in [6.45, 7) is 1.34. The molecule has 0 amide bonds. The Morgan fingerprint density at radius 3 is 2.21 bits per heavy atom. The van der Waals surface area contributed by atoms with Crippen LogP contribution in [0.2, 0.25) is 0 Å². The van der Waals surface area contributed by atoms with Gasteiger partial charge in [-0.2, -0.15) is 0 Å². The van der Waals surface area contributed by atoms with Crippen LogP contribution < -0.4 is 4.57 Å². The molecule has 0 aliphatic rings. The predicted molar refractivity (Wildman–Crippen MR) is 53.7 cm³/mol. The number of aromatic nitrogens is 1. The molecular formula is C11H18NO2+. The van der Waals surface area contributed by atoms with E-state index in [9.17, 15) is 0 Å². The lowest BCUT2D eigenvalue weighted by Gasteiger charge is -1.98. The third-order valence-electron chi connectivity index (χ3n) is 2.16. The van der Waals surface area contributed by atoms with Gasteiger partial charge in [0, 0.05) is 31.8 Å². The lowest BCUT2D eigenvalue weighted by atomic mass is 10.1. The molecule has 0 unspecified atom stereocenters. The number of aryl methyl sites for hydroxylation is 2. The summed E-state index contributed by atoms with van der Waals surface area (Å²) in [7, 11) is 0. The highest BCUT2D eigenvalue weighted by molar-refractivity contribution is 5.07. The molecule has 78 valence electrons. The monoisotopic (exact) mass is 196 g/mol. The molecule has 0 aliphatic heterocycles. The average Bonchev–Trinajstić information content (AvgIpc) is 2.25. The van der Waals surface area contributed by atoms with Gasteiger partial charge in [-0.15, -0.1) is 0 Å². The zero-order valence-corrected chi connectivity index (χ0v) is 8.39. The van der Waals surface area contributed by atoms with Gasteiger partial charge in [-0.1, -0.05) is 0 Å². The molecule has 1 aromatic rings. The van der Waals surface area contributed by atoms with Crippen LogP contribution in [-0.2, 0) is 13.0 Å². The predicted octanol–water partition coefficient (Wildman–Crippen LogP) is 0.281. The van der Waals surface area contributed by atoms with Crippen LogP contribution in [0.25, 0.3) is 0 Å². The van der Waals surface area contributed by atoms with Gasteiger partial charge in [-0.05, 0) is 18.4 Å². The van der Waals surface area contributed by atoms with Crippen molar-refractivity contribution >= 4 is 0 Å². The third kappa shape index (κ3) is 3.85.